The van der Waals surface area contributed by atoms with Crippen LogP contribution in [0, 0.1) is 13.8 Å². The largest absolute Gasteiger partial charge is 0.481 e. The molecule has 0 aromatic carbocycles. The summed E-state index contributed by atoms with van der Waals surface area (Å²) >= 11 is 0. The maximum absolute atomic E-state index is 13.6. The Morgan fingerprint density at radius 3 is 2.19 bits per heavy atom. The lowest BCUT2D eigenvalue weighted by atomic mass is 9.85. The fraction of sp³-hybridized carbons (Fsp3) is 0.342. The zero-order chi connectivity index (χ0) is 38.2. The monoisotopic (exact) mass is 716 g/mol. The van der Waals surface area contributed by atoms with Crippen molar-refractivity contribution < 1.29 is 44.4 Å². The first-order valence-corrected chi connectivity index (χ1v) is 16.8. The quantitative estimate of drug-likeness (QED) is 0.0893. The van der Waals surface area contributed by atoms with Gasteiger partial charge in [0.1, 0.15) is 6.04 Å². The zero-order valence-corrected chi connectivity index (χ0v) is 29.5. The van der Waals surface area contributed by atoms with Gasteiger partial charge < -0.3 is 35.7 Å². The van der Waals surface area contributed by atoms with Crippen LogP contribution in [0.25, 0.3) is 33.2 Å². The third kappa shape index (κ3) is 7.09. The molecule has 0 fully saturated rings. The van der Waals surface area contributed by atoms with Crippen LogP contribution in [0.15, 0.2) is 30.9 Å². The predicted octanol–water partition coefficient (Wildman–Crippen LogP) is 5.65. The number of aliphatic carboxylic acids is 3. The molecule has 0 spiro atoms. The van der Waals surface area contributed by atoms with Crippen LogP contribution >= 0.6 is 0 Å². The Kier molecular flexibility index (Phi) is 10.5. The van der Waals surface area contributed by atoms with E-state index < -0.39 is 60.5 Å². The summed E-state index contributed by atoms with van der Waals surface area (Å²) in [6.45, 7) is 13.4. The highest BCUT2D eigenvalue weighted by molar-refractivity contribution is 6.03. The number of carbonyl (C=O) groups is 5. The summed E-state index contributed by atoms with van der Waals surface area (Å²) in [7, 11) is 0. The van der Waals surface area contributed by atoms with Crippen LogP contribution in [0.3, 0.4) is 0 Å². The molecular weight excluding hydrogens is 675 g/mol. The van der Waals surface area contributed by atoms with E-state index in [2.05, 4.69) is 21.9 Å². The second-order valence-electron chi connectivity index (χ2n) is 13.1. The van der Waals surface area contributed by atoms with E-state index in [4.69, 9.17) is 9.97 Å². The molecule has 7 N–H and O–H groups in total. The van der Waals surface area contributed by atoms with Crippen LogP contribution in [0.4, 0.5) is 0 Å². The summed E-state index contributed by atoms with van der Waals surface area (Å²) in [5.41, 5.74) is 8.00. The minimum Gasteiger partial charge on any atom is -0.481 e. The molecule has 3 aromatic rings. The highest BCUT2D eigenvalue weighted by Gasteiger charge is 2.34. The number of carbonyl (C=O) groups excluding carboxylic acids is 1. The lowest BCUT2D eigenvalue weighted by Crippen LogP contribution is -2.43. The molecule has 14 heteroatoms. The van der Waals surface area contributed by atoms with Crippen molar-refractivity contribution in [3.63, 3.8) is 0 Å². The molecule has 5 heterocycles. The summed E-state index contributed by atoms with van der Waals surface area (Å²) in [5, 5.41) is 41.4. The number of carboxylic acid groups (broad SMARTS) is 4. The maximum Gasteiger partial charge on any atom is 0.338 e. The molecule has 2 aliphatic rings. The number of nitrogens with one attached hydrogen (secondary N) is 3. The maximum atomic E-state index is 13.6. The van der Waals surface area contributed by atoms with Crippen molar-refractivity contribution in [2.24, 2.45) is 0 Å². The molecule has 2 aliphatic heterocycles. The molecule has 0 radical (unpaired) electrons. The van der Waals surface area contributed by atoms with Crippen LogP contribution in [0.1, 0.15) is 107 Å². The first-order chi connectivity index (χ1) is 24.6. The van der Waals surface area contributed by atoms with Gasteiger partial charge in [0.05, 0.1) is 41.0 Å². The summed E-state index contributed by atoms with van der Waals surface area (Å²) in [6.07, 6.45) is 0.734. The molecule has 1 amide bonds. The number of H-pyrrole nitrogens is 2. The summed E-state index contributed by atoms with van der Waals surface area (Å²) in [5.74, 6) is -7.27. The van der Waals surface area contributed by atoms with Crippen molar-refractivity contribution in [2.75, 3.05) is 0 Å². The predicted molar refractivity (Wildman–Crippen MR) is 193 cm³/mol. The number of aryl methyl sites for hydroxylation is 3. The SMILES string of the molecule is C=CC1=C(C)c2cc3nc(c(CC(=O)[15NH][13C@@H]([13CH2][13C](=O)O)[13C](=O)O)c4[nH]c(cc5[nH]c(cc1n2)c(C)c5CC)c(C)c4C(=O)O)[C@@H](CCC(=O)O)[C@@H]3C. The number of amides is 1. The average Bonchev–Trinajstić information content (AvgIpc) is 3.74. The van der Waals surface area contributed by atoms with Crippen LogP contribution in [-0.2, 0) is 32.0 Å². The lowest BCUT2D eigenvalue weighted by molar-refractivity contribution is -0.147. The van der Waals surface area contributed by atoms with Gasteiger partial charge in [-0.25, -0.2) is 14.6 Å². The number of rotatable bonds is 12. The van der Waals surface area contributed by atoms with Crippen LogP contribution in [0.5, 0.6) is 0 Å². The second-order valence-corrected chi connectivity index (χ2v) is 13.1. The van der Waals surface area contributed by atoms with Crippen LogP contribution in [0.2, 0.25) is 0 Å². The van der Waals surface area contributed by atoms with Gasteiger partial charge >= 0.3 is 23.9 Å². The van der Waals surface area contributed by atoms with Crippen molar-refractivity contribution in [3.8, 4) is 0 Å². The Hall–Kier alpha value is -6.05. The third-order valence-electron chi connectivity index (χ3n) is 9.97. The number of nitrogens with zero attached hydrogens (tertiary/aromatic N) is 2. The number of allylic oxidation sites excluding steroid dienone is 3. The molecule has 0 saturated heterocycles. The third-order valence-corrected chi connectivity index (χ3v) is 9.97. The first-order valence-electron chi connectivity index (χ1n) is 16.8. The van der Waals surface area contributed by atoms with Gasteiger partial charge in [-0.2, -0.15) is 0 Å². The van der Waals surface area contributed by atoms with Gasteiger partial charge in [0.25, 0.3) is 0 Å². The topological polar surface area (TPSA) is 236 Å². The van der Waals surface area contributed by atoms with E-state index >= 15 is 0 Å². The van der Waals surface area contributed by atoms with Crippen molar-refractivity contribution >= 4 is 63.0 Å². The van der Waals surface area contributed by atoms with Gasteiger partial charge in [0.2, 0.25) is 5.91 Å². The Labute approximate surface area is 298 Å². The minimum atomic E-state index is -1.76. The second kappa shape index (κ2) is 14.7. The van der Waals surface area contributed by atoms with Gasteiger partial charge in [0, 0.05) is 51.6 Å². The lowest BCUT2D eigenvalue weighted by Gasteiger charge is -2.18. The molecule has 0 saturated carbocycles. The number of aromatic nitrogens is 4. The zero-order valence-electron chi connectivity index (χ0n) is 29.5. The van der Waals surface area contributed by atoms with E-state index in [0.29, 0.717) is 34.6 Å². The van der Waals surface area contributed by atoms with Gasteiger partial charge in [-0.3, -0.25) is 19.4 Å². The number of aromatic amines is 2. The normalized spacial score (nSPS) is 16.0. The number of hydrogen-bond acceptors (Lipinski definition) is 7. The van der Waals surface area contributed by atoms with E-state index in [1.165, 1.54) is 0 Å². The summed E-state index contributed by atoms with van der Waals surface area (Å²) in [6, 6.07) is 3.77. The Balaban J connectivity index is 1.96. The fourth-order valence-electron chi connectivity index (χ4n) is 7.16. The Morgan fingerprint density at radius 1 is 0.904 bits per heavy atom. The van der Waals surface area contributed by atoms with Crippen molar-refractivity contribution in [2.45, 2.75) is 84.6 Å². The van der Waals surface area contributed by atoms with Crippen molar-refractivity contribution in [3.05, 3.63) is 81.4 Å². The van der Waals surface area contributed by atoms with Gasteiger partial charge in [-0.15, -0.1) is 0 Å². The fourth-order valence-corrected chi connectivity index (χ4v) is 7.16. The number of hydrogen-bond donors (Lipinski definition) is 7. The first kappa shape index (κ1) is 37.2. The molecule has 8 bridgehead atoms. The minimum absolute atomic E-state index is 0.0445. The Bertz CT molecular complexity index is 2240. The van der Waals surface area contributed by atoms with Crippen LogP contribution in [-0.4, -0.2) is 76.2 Å². The number of carboxylic acids is 4. The smallest absolute Gasteiger partial charge is 0.338 e. The highest BCUT2D eigenvalue weighted by atomic mass is 16.5. The number of aromatic carboxylic acids is 1. The number of fused-ring (bicyclic) bond motifs is 8. The molecule has 5 rings (SSSR count). The van der Waals surface area contributed by atoms with E-state index in [0.717, 1.165) is 33.3 Å². The molecule has 3 atom stereocenters. The summed E-state index contributed by atoms with van der Waals surface area (Å²) < 4.78 is 0. The Morgan fingerprint density at radius 2 is 1.60 bits per heavy atom. The molecular formula is C38H41N5O9. The van der Waals surface area contributed by atoms with Gasteiger partial charge in [-0.1, -0.05) is 26.5 Å². The van der Waals surface area contributed by atoms with Crippen molar-refractivity contribution in [1.29, 1.82) is 0 Å². The average molecular weight is 717 g/mol. The summed E-state index contributed by atoms with van der Waals surface area (Å²) in [4.78, 5) is 78.3. The van der Waals surface area contributed by atoms with Crippen molar-refractivity contribution in [1.82, 2.24) is 25.3 Å². The molecule has 0 aliphatic carbocycles. The van der Waals surface area contributed by atoms with E-state index in [9.17, 15) is 44.4 Å². The molecule has 272 valence electrons. The standard InChI is InChI=1S/C38H41N5O9/c1-7-20-16(3)24-12-26-18(5)22(9-10-32(45)46)35(42-26)23(11-31(44)41-30(37(49)50)15-33(47)48)36-34(38(51)52)19(6)27(43-36)14-29-21(8-2)17(4)25(40-29)13-28(20)39-24/h7,12-14,18,22,30,40,43H,1,8-11,15H2,2-6H3,(H,41,44)(H,45,46)(H,47,48)(H,49,50)(H,51,52)/t18-,22-,30-/m0/s1/i15+1,30+1,33+1,37+1,41+1. The van der Waals surface area contributed by atoms with Gasteiger partial charge in [-0.05, 0) is 74.1 Å². The van der Waals surface area contributed by atoms with E-state index in [1.54, 1.807) is 25.1 Å². The molecule has 52 heavy (non-hydrogen) atoms. The van der Waals surface area contributed by atoms with E-state index in [1.807, 2.05) is 33.8 Å². The van der Waals surface area contributed by atoms with Crippen LogP contribution < -0.4 is 5.32 Å². The molecule has 14 nitrogen and oxygen atoms in total. The van der Waals surface area contributed by atoms with E-state index in [-0.39, 0.29) is 35.2 Å². The highest BCUT2D eigenvalue weighted by Crippen LogP contribution is 2.43. The molecule has 0 unspecified atom stereocenters. The molecule has 3 aromatic heterocycles. The van der Waals surface area contributed by atoms with Gasteiger partial charge in [0.15, 0.2) is 0 Å².